The number of ether oxygens (including phenoxy) is 1. The van der Waals surface area contributed by atoms with Crippen molar-refractivity contribution in [2.24, 2.45) is 0 Å². The van der Waals surface area contributed by atoms with E-state index in [2.05, 4.69) is 5.32 Å². The van der Waals surface area contributed by atoms with Gasteiger partial charge in [0.1, 0.15) is 16.9 Å². The molecule has 1 atom stereocenters. The Labute approximate surface area is 216 Å². The molecule has 0 saturated carbocycles. The topological polar surface area (TPSA) is 113 Å². The number of benzene rings is 2. The lowest BCUT2D eigenvalue weighted by atomic mass is 10.2. The SMILES string of the molecule is CCOC(=O)c1ccc(NC(=O)CN2C(=O)C[C@H](N3C(=O)/C(=C/c4ccccc4)SC3=S)C2=O)cc1. The van der Waals surface area contributed by atoms with Gasteiger partial charge < -0.3 is 10.1 Å². The Balaban J connectivity index is 1.40. The van der Waals surface area contributed by atoms with Crippen LogP contribution < -0.4 is 5.32 Å². The summed E-state index contributed by atoms with van der Waals surface area (Å²) in [6, 6.07) is 14.1. The second kappa shape index (κ2) is 10.8. The number of carbonyl (C=O) groups is 5. The predicted octanol–water partition coefficient (Wildman–Crippen LogP) is 2.83. The molecule has 0 radical (unpaired) electrons. The summed E-state index contributed by atoms with van der Waals surface area (Å²) in [7, 11) is 0. The van der Waals surface area contributed by atoms with E-state index in [9.17, 15) is 24.0 Å². The van der Waals surface area contributed by atoms with Crippen LogP contribution in [0.25, 0.3) is 6.08 Å². The summed E-state index contributed by atoms with van der Waals surface area (Å²) in [6.07, 6.45) is 1.42. The van der Waals surface area contributed by atoms with Crippen LogP contribution >= 0.6 is 24.0 Å². The molecule has 184 valence electrons. The van der Waals surface area contributed by atoms with Crippen LogP contribution in [0.1, 0.15) is 29.3 Å². The number of rotatable bonds is 7. The van der Waals surface area contributed by atoms with Crippen LogP contribution in [0.2, 0.25) is 0 Å². The Morgan fingerprint density at radius 3 is 2.47 bits per heavy atom. The molecule has 1 N–H and O–H groups in total. The first kappa shape index (κ1) is 25.3. The average molecular weight is 524 g/mol. The second-order valence-corrected chi connectivity index (χ2v) is 9.52. The van der Waals surface area contributed by atoms with Crippen LogP contribution in [0.15, 0.2) is 59.5 Å². The smallest absolute Gasteiger partial charge is 0.338 e. The number of imide groups is 1. The van der Waals surface area contributed by atoms with Crippen molar-refractivity contribution >= 4 is 69.7 Å². The third kappa shape index (κ3) is 5.37. The van der Waals surface area contributed by atoms with E-state index in [1.54, 1.807) is 13.0 Å². The minimum atomic E-state index is -1.09. The number of nitrogens with one attached hydrogen (secondary N) is 1. The molecule has 0 aromatic heterocycles. The number of hydrogen-bond acceptors (Lipinski definition) is 8. The fourth-order valence-electron chi connectivity index (χ4n) is 3.73. The summed E-state index contributed by atoms with van der Waals surface area (Å²) < 4.78 is 5.10. The van der Waals surface area contributed by atoms with Gasteiger partial charge in [-0.2, -0.15) is 0 Å². The zero-order valence-corrected chi connectivity index (χ0v) is 20.8. The van der Waals surface area contributed by atoms with E-state index in [0.29, 0.717) is 16.2 Å². The van der Waals surface area contributed by atoms with Gasteiger partial charge in [-0.25, -0.2) is 4.79 Å². The minimum Gasteiger partial charge on any atom is -0.462 e. The third-order valence-electron chi connectivity index (χ3n) is 5.43. The number of thioether (sulfide) groups is 1. The molecule has 11 heteroatoms. The van der Waals surface area contributed by atoms with Crippen LogP contribution in [-0.4, -0.2) is 62.9 Å². The maximum absolute atomic E-state index is 13.0. The molecule has 0 unspecified atom stereocenters. The zero-order chi connectivity index (χ0) is 25.8. The largest absolute Gasteiger partial charge is 0.462 e. The van der Waals surface area contributed by atoms with E-state index in [1.807, 2.05) is 30.3 Å². The summed E-state index contributed by atoms with van der Waals surface area (Å²) >= 11 is 6.39. The highest BCUT2D eigenvalue weighted by atomic mass is 32.2. The van der Waals surface area contributed by atoms with Gasteiger partial charge in [-0.3, -0.25) is 29.0 Å². The number of thiocarbonyl (C=S) groups is 1. The molecule has 2 aromatic rings. The first-order valence-corrected chi connectivity index (χ1v) is 12.2. The zero-order valence-electron chi connectivity index (χ0n) is 19.1. The van der Waals surface area contributed by atoms with E-state index in [1.165, 1.54) is 24.3 Å². The first-order valence-electron chi connectivity index (χ1n) is 11.0. The van der Waals surface area contributed by atoms with Crippen LogP contribution in [0, 0.1) is 0 Å². The lowest BCUT2D eigenvalue weighted by Gasteiger charge is -2.21. The predicted molar refractivity (Wildman–Crippen MR) is 138 cm³/mol. The molecule has 2 aromatic carbocycles. The number of hydrogen-bond donors (Lipinski definition) is 1. The van der Waals surface area contributed by atoms with E-state index in [-0.39, 0.29) is 17.3 Å². The molecule has 0 aliphatic carbocycles. The normalized spacial score (nSPS) is 18.8. The molecule has 2 heterocycles. The molecule has 2 aliphatic heterocycles. The summed E-state index contributed by atoms with van der Waals surface area (Å²) in [5, 5.41) is 2.59. The Hall–Kier alpha value is -3.83. The van der Waals surface area contributed by atoms with Gasteiger partial charge >= 0.3 is 5.97 Å². The summed E-state index contributed by atoms with van der Waals surface area (Å²) in [5.74, 6) is -2.77. The van der Waals surface area contributed by atoms with Crippen LogP contribution in [0.3, 0.4) is 0 Å². The van der Waals surface area contributed by atoms with Crippen LogP contribution in [0.4, 0.5) is 5.69 Å². The number of carbonyl (C=O) groups excluding carboxylic acids is 5. The molecule has 4 rings (SSSR count). The van der Waals surface area contributed by atoms with Gasteiger partial charge in [0.25, 0.3) is 11.8 Å². The Kier molecular flexibility index (Phi) is 7.61. The van der Waals surface area contributed by atoms with E-state index in [0.717, 1.165) is 27.1 Å². The van der Waals surface area contributed by atoms with Crippen LogP contribution in [-0.2, 0) is 23.9 Å². The number of nitrogens with zero attached hydrogens (tertiary/aromatic N) is 2. The monoisotopic (exact) mass is 523 g/mol. The Bertz CT molecular complexity index is 1280. The molecule has 2 aliphatic rings. The quantitative estimate of drug-likeness (QED) is 0.255. The Morgan fingerprint density at radius 2 is 1.81 bits per heavy atom. The molecule has 2 saturated heterocycles. The van der Waals surface area contributed by atoms with Crippen LogP contribution in [0.5, 0.6) is 0 Å². The number of anilines is 1. The highest BCUT2D eigenvalue weighted by Gasteiger charge is 2.48. The number of esters is 1. The lowest BCUT2D eigenvalue weighted by Crippen LogP contribution is -2.45. The molecule has 36 heavy (non-hydrogen) atoms. The van der Waals surface area contributed by atoms with E-state index < -0.39 is 42.2 Å². The van der Waals surface area contributed by atoms with Crippen molar-refractivity contribution in [1.82, 2.24) is 9.80 Å². The summed E-state index contributed by atoms with van der Waals surface area (Å²) in [4.78, 5) is 65.2. The maximum atomic E-state index is 13.0. The van der Waals surface area contributed by atoms with Gasteiger partial charge in [0.2, 0.25) is 11.8 Å². The molecule has 0 spiro atoms. The van der Waals surface area contributed by atoms with Gasteiger partial charge in [0.15, 0.2) is 0 Å². The fraction of sp³-hybridized carbons (Fsp3) is 0.200. The summed E-state index contributed by atoms with van der Waals surface area (Å²) in [5.41, 5.74) is 1.51. The van der Waals surface area contributed by atoms with Crippen molar-refractivity contribution in [3.05, 3.63) is 70.6 Å². The number of likely N-dealkylation sites (tertiary alicyclic amines) is 1. The van der Waals surface area contributed by atoms with E-state index in [4.69, 9.17) is 17.0 Å². The van der Waals surface area contributed by atoms with Gasteiger partial charge in [0, 0.05) is 5.69 Å². The molecular formula is C25H21N3O6S2. The van der Waals surface area contributed by atoms with Crippen molar-refractivity contribution in [2.45, 2.75) is 19.4 Å². The highest BCUT2D eigenvalue weighted by molar-refractivity contribution is 8.26. The van der Waals surface area contributed by atoms with Gasteiger partial charge in [-0.15, -0.1) is 0 Å². The molecule has 4 amide bonds. The molecule has 9 nitrogen and oxygen atoms in total. The molecule has 2 fully saturated rings. The third-order valence-corrected chi connectivity index (χ3v) is 6.76. The lowest BCUT2D eigenvalue weighted by molar-refractivity contribution is -0.143. The second-order valence-electron chi connectivity index (χ2n) is 7.85. The fourth-order valence-corrected chi connectivity index (χ4v) is 5.09. The Morgan fingerprint density at radius 1 is 1.11 bits per heavy atom. The van der Waals surface area contributed by atoms with Crippen molar-refractivity contribution in [1.29, 1.82) is 0 Å². The molecular weight excluding hydrogens is 502 g/mol. The average Bonchev–Trinajstić information content (AvgIpc) is 3.28. The van der Waals surface area contributed by atoms with Gasteiger partial charge in [-0.05, 0) is 42.8 Å². The van der Waals surface area contributed by atoms with Crippen molar-refractivity contribution in [3.63, 3.8) is 0 Å². The minimum absolute atomic E-state index is 0.182. The highest BCUT2D eigenvalue weighted by Crippen LogP contribution is 2.36. The van der Waals surface area contributed by atoms with E-state index >= 15 is 0 Å². The van der Waals surface area contributed by atoms with Crippen molar-refractivity contribution in [3.8, 4) is 0 Å². The van der Waals surface area contributed by atoms with Crippen molar-refractivity contribution in [2.75, 3.05) is 18.5 Å². The number of amides is 4. The maximum Gasteiger partial charge on any atom is 0.338 e. The standard InChI is InChI=1S/C25H21N3O6S2/c1-2-34-24(33)16-8-10-17(11-9-16)26-20(29)14-27-21(30)13-18(22(27)31)28-23(32)19(36-25(28)35)12-15-6-4-3-5-7-15/h3-12,18H,2,13-14H2,1H3,(H,26,29)/b19-12-/t18-/m0/s1. The van der Waals surface area contributed by atoms with Crippen molar-refractivity contribution < 1.29 is 28.7 Å². The summed E-state index contributed by atoms with van der Waals surface area (Å²) in [6.45, 7) is 1.43. The van der Waals surface area contributed by atoms with Gasteiger partial charge in [0.05, 0.1) is 23.5 Å². The van der Waals surface area contributed by atoms with Gasteiger partial charge in [-0.1, -0.05) is 54.3 Å². The molecule has 0 bridgehead atoms. The first-order chi connectivity index (χ1) is 17.3.